The van der Waals surface area contributed by atoms with Gasteiger partial charge < -0.3 is 9.31 Å². The van der Waals surface area contributed by atoms with Gasteiger partial charge in [-0.15, -0.1) is 0 Å². The van der Waals surface area contributed by atoms with Crippen molar-refractivity contribution in [2.24, 2.45) is 0 Å². The Morgan fingerprint density at radius 1 is 0.771 bits per heavy atom. The lowest BCUT2D eigenvalue weighted by molar-refractivity contribution is -0.141. The normalized spacial score (nSPS) is 16.6. The van der Waals surface area contributed by atoms with E-state index in [4.69, 9.17) is 32.5 Å². The summed E-state index contributed by atoms with van der Waals surface area (Å²) in [5, 5.41) is 0.226. The summed E-state index contributed by atoms with van der Waals surface area (Å²) in [6, 6.07) is 2.59. The SMILES string of the molecule is CC1(C)OB(c2cc(Cl)ncc2F)OC1(C)C.Fc1cnc(Cl)cc1-c1cnc(C(F)(F)F)cn1. The van der Waals surface area contributed by atoms with Crippen LogP contribution < -0.4 is 5.46 Å². The summed E-state index contributed by atoms with van der Waals surface area (Å²) < 4.78 is 75.3. The third-order valence-corrected chi connectivity index (χ3v) is 5.81. The Labute approximate surface area is 208 Å². The predicted molar refractivity (Wildman–Crippen MR) is 120 cm³/mol. The topological polar surface area (TPSA) is 70.0 Å². The second-order valence-corrected chi connectivity index (χ2v) is 9.16. The van der Waals surface area contributed by atoms with Crippen LogP contribution in [0.25, 0.3) is 11.3 Å². The number of halogens is 7. The van der Waals surface area contributed by atoms with Crippen LogP contribution in [0.2, 0.25) is 10.3 Å². The van der Waals surface area contributed by atoms with Crippen LogP contribution in [0.15, 0.2) is 36.9 Å². The van der Waals surface area contributed by atoms with Crippen molar-refractivity contribution in [1.82, 2.24) is 19.9 Å². The molecule has 0 aliphatic carbocycles. The molecule has 1 saturated heterocycles. The van der Waals surface area contributed by atoms with E-state index in [1.165, 1.54) is 6.07 Å². The molecule has 0 N–H and O–H groups in total. The summed E-state index contributed by atoms with van der Waals surface area (Å²) in [7, 11) is -0.750. The van der Waals surface area contributed by atoms with Crippen LogP contribution in [0.1, 0.15) is 33.4 Å². The first-order valence-electron chi connectivity index (χ1n) is 9.98. The van der Waals surface area contributed by atoms with Crippen LogP contribution in [0.5, 0.6) is 0 Å². The van der Waals surface area contributed by atoms with Crippen molar-refractivity contribution in [2.45, 2.75) is 45.1 Å². The molecule has 0 radical (unpaired) electrons. The van der Waals surface area contributed by atoms with Crippen LogP contribution in [0.3, 0.4) is 0 Å². The molecule has 1 aliphatic heterocycles. The van der Waals surface area contributed by atoms with Crippen molar-refractivity contribution in [3.05, 3.63) is 64.6 Å². The van der Waals surface area contributed by atoms with Gasteiger partial charge in [0.1, 0.15) is 16.1 Å². The molecular formula is C21H18BCl2F5N4O2. The lowest BCUT2D eigenvalue weighted by Gasteiger charge is -2.32. The highest BCUT2D eigenvalue weighted by Crippen LogP contribution is 2.36. The average Bonchev–Trinajstić information content (AvgIpc) is 2.98. The molecule has 35 heavy (non-hydrogen) atoms. The third kappa shape index (κ3) is 6.24. The molecule has 1 fully saturated rings. The van der Waals surface area contributed by atoms with Gasteiger partial charge in [-0.25, -0.2) is 23.7 Å². The van der Waals surface area contributed by atoms with E-state index >= 15 is 0 Å². The molecule has 3 aromatic rings. The maximum atomic E-state index is 13.6. The molecule has 0 spiro atoms. The monoisotopic (exact) mass is 534 g/mol. The van der Waals surface area contributed by atoms with Gasteiger partial charge in [-0.3, -0.25) is 4.98 Å². The molecule has 0 unspecified atom stereocenters. The first kappa shape index (κ1) is 27.2. The van der Waals surface area contributed by atoms with E-state index in [9.17, 15) is 22.0 Å². The van der Waals surface area contributed by atoms with E-state index in [-0.39, 0.29) is 27.0 Å². The molecular weight excluding hydrogens is 517 g/mol. The van der Waals surface area contributed by atoms with Gasteiger partial charge in [-0.05, 0) is 39.8 Å². The number of hydrogen-bond donors (Lipinski definition) is 0. The van der Waals surface area contributed by atoms with Crippen LogP contribution >= 0.6 is 23.2 Å². The Balaban J connectivity index is 0.000000196. The minimum absolute atomic E-state index is 0.00750. The van der Waals surface area contributed by atoms with E-state index < -0.39 is 41.8 Å². The highest BCUT2D eigenvalue weighted by atomic mass is 35.5. The molecule has 0 saturated carbocycles. The summed E-state index contributed by atoms with van der Waals surface area (Å²) >= 11 is 11.3. The Morgan fingerprint density at radius 3 is 1.83 bits per heavy atom. The number of pyridine rings is 2. The van der Waals surface area contributed by atoms with Crippen LogP contribution in [-0.2, 0) is 15.5 Å². The molecule has 6 nitrogen and oxygen atoms in total. The average molecular weight is 535 g/mol. The number of nitrogens with zero attached hydrogens (tertiary/aromatic N) is 4. The summed E-state index contributed by atoms with van der Waals surface area (Å²) in [5.74, 6) is -1.22. The maximum absolute atomic E-state index is 13.6. The zero-order chi connectivity index (χ0) is 26.2. The molecule has 0 amide bonds. The van der Waals surface area contributed by atoms with Crippen molar-refractivity contribution in [1.29, 1.82) is 0 Å². The molecule has 0 bridgehead atoms. The highest BCUT2D eigenvalue weighted by molar-refractivity contribution is 6.62. The van der Waals surface area contributed by atoms with Gasteiger partial charge in [0.25, 0.3) is 0 Å². The van der Waals surface area contributed by atoms with E-state index in [0.29, 0.717) is 6.20 Å². The van der Waals surface area contributed by atoms with E-state index in [0.717, 1.165) is 24.7 Å². The fourth-order valence-corrected chi connectivity index (χ4v) is 3.13. The number of alkyl halides is 3. The van der Waals surface area contributed by atoms with Crippen LogP contribution in [0.4, 0.5) is 22.0 Å². The third-order valence-electron chi connectivity index (χ3n) is 5.40. The summed E-state index contributed by atoms with van der Waals surface area (Å²) in [5.41, 5.74) is -1.98. The quantitative estimate of drug-likeness (QED) is 0.245. The maximum Gasteiger partial charge on any atom is 0.498 e. The lowest BCUT2D eigenvalue weighted by atomic mass is 9.79. The van der Waals surface area contributed by atoms with Gasteiger partial charge in [-0.1, -0.05) is 23.2 Å². The Bertz CT molecular complexity index is 1200. The molecule has 14 heteroatoms. The molecule has 1 aliphatic rings. The first-order valence-corrected chi connectivity index (χ1v) is 10.7. The Hall–Kier alpha value is -2.41. The Kier molecular flexibility index (Phi) is 7.71. The lowest BCUT2D eigenvalue weighted by Crippen LogP contribution is -2.41. The van der Waals surface area contributed by atoms with E-state index in [1.807, 2.05) is 27.7 Å². The van der Waals surface area contributed by atoms with Gasteiger partial charge in [0, 0.05) is 11.0 Å². The fourth-order valence-electron chi connectivity index (χ4n) is 2.80. The minimum Gasteiger partial charge on any atom is -0.399 e. The first-order chi connectivity index (χ1) is 16.1. The van der Waals surface area contributed by atoms with Gasteiger partial charge in [0.15, 0.2) is 11.5 Å². The molecule has 3 aromatic heterocycles. The largest absolute Gasteiger partial charge is 0.498 e. The van der Waals surface area contributed by atoms with Gasteiger partial charge in [0.2, 0.25) is 0 Å². The summed E-state index contributed by atoms with van der Waals surface area (Å²) in [6.45, 7) is 7.64. The van der Waals surface area contributed by atoms with Crippen molar-refractivity contribution >= 4 is 35.8 Å². The number of rotatable bonds is 2. The highest BCUT2D eigenvalue weighted by Gasteiger charge is 2.52. The van der Waals surface area contributed by atoms with Gasteiger partial charge >= 0.3 is 13.3 Å². The number of aromatic nitrogens is 4. The van der Waals surface area contributed by atoms with Gasteiger partial charge in [0.05, 0.1) is 41.7 Å². The number of hydrogen-bond acceptors (Lipinski definition) is 6. The molecule has 0 aromatic carbocycles. The van der Waals surface area contributed by atoms with E-state index in [2.05, 4.69) is 19.9 Å². The molecule has 4 rings (SSSR count). The molecule has 186 valence electrons. The van der Waals surface area contributed by atoms with Crippen molar-refractivity contribution in [3.63, 3.8) is 0 Å². The molecule has 0 atom stereocenters. The second-order valence-electron chi connectivity index (χ2n) is 8.39. The van der Waals surface area contributed by atoms with Crippen LogP contribution in [0, 0.1) is 11.6 Å². The smallest absolute Gasteiger partial charge is 0.399 e. The van der Waals surface area contributed by atoms with Crippen molar-refractivity contribution in [2.75, 3.05) is 0 Å². The van der Waals surface area contributed by atoms with Gasteiger partial charge in [-0.2, -0.15) is 13.2 Å². The Morgan fingerprint density at radius 2 is 1.31 bits per heavy atom. The predicted octanol–water partition coefficient (Wildman–Crippen LogP) is 5.52. The minimum atomic E-state index is -4.58. The zero-order valence-corrected chi connectivity index (χ0v) is 20.3. The molecule has 4 heterocycles. The fraction of sp³-hybridized carbons (Fsp3) is 0.333. The second kappa shape index (κ2) is 9.92. The van der Waals surface area contributed by atoms with Crippen molar-refractivity contribution in [3.8, 4) is 11.3 Å². The summed E-state index contributed by atoms with van der Waals surface area (Å²) in [6.07, 6.45) is -1.29. The van der Waals surface area contributed by atoms with Crippen molar-refractivity contribution < 1.29 is 31.3 Å². The standard InChI is InChI=1S/C11H14BClFNO2.C10H4ClF4N3/c1-10(2)11(3,4)17-12(16-10)7-5-9(13)15-6-8(7)14;11-9-1-5(6(12)2-18-9)7-3-17-8(4-16-7)10(13,14)15/h5-6H,1-4H3;1-4H. The van der Waals surface area contributed by atoms with E-state index in [1.54, 1.807) is 0 Å². The van der Waals surface area contributed by atoms with Crippen LogP contribution in [-0.4, -0.2) is 38.3 Å². The summed E-state index contributed by atoms with van der Waals surface area (Å²) in [4.78, 5) is 13.8. The zero-order valence-electron chi connectivity index (χ0n) is 18.8.